The Morgan fingerprint density at radius 1 is 1.25 bits per heavy atom. The van der Waals surface area contributed by atoms with Gasteiger partial charge in [-0.3, -0.25) is 4.79 Å². The summed E-state index contributed by atoms with van der Waals surface area (Å²) in [4.78, 5) is 16.0. The Labute approximate surface area is 118 Å². The highest BCUT2D eigenvalue weighted by Crippen LogP contribution is 2.17. The van der Waals surface area contributed by atoms with Crippen molar-refractivity contribution >= 4 is 5.91 Å². The number of carbonyl (C=O) groups excluding carboxylic acids is 1. The highest BCUT2D eigenvalue weighted by Gasteiger charge is 2.21. The lowest BCUT2D eigenvalue weighted by Crippen LogP contribution is -2.34. The molecular formula is C15H19N3O2. The van der Waals surface area contributed by atoms with E-state index >= 15 is 0 Å². The maximum absolute atomic E-state index is 11.8. The standard InChI is InChI=1S/C15H19N3O2/c1-10-5-7-11(8-6-10)13-17-12(20-18-13)9-16-14(19)15(2,3)4/h5-8H,9H2,1-4H3,(H,16,19). The van der Waals surface area contributed by atoms with E-state index in [9.17, 15) is 4.79 Å². The van der Waals surface area contributed by atoms with Crippen LogP contribution >= 0.6 is 0 Å². The first-order chi connectivity index (χ1) is 9.36. The summed E-state index contributed by atoms with van der Waals surface area (Å²) < 4.78 is 5.14. The van der Waals surface area contributed by atoms with Gasteiger partial charge in [0.1, 0.15) is 0 Å². The van der Waals surface area contributed by atoms with Crippen LogP contribution in [0.2, 0.25) is 0 Å². The molecule has 0 spiro atoms. The number of aromatic nitrogens is 2. The van der Waals surface area contributed by atoms with Crippen LogP contribution in [-0.2, 0) is 11.3 Å². The van der Waals surface area contributed by atoms with Gasteiger partial charge in [-0.15, -0.1) is 0 Å². The molecule has 0 unspecified atom stereocenters. The van der Waals surface area contributed by atoms with E-state index in [0.717, 1.165) is 5.56 Å². The van der Waals surface area contributed by atoms with Crippen LogP contribution < -0.4 is 5.32 Å². The zero-order valence-electron chi connectivity index (χ0n) is 12.2. The zero-order chi connectivity index (χ0) is 14.8. The molecule has 1 aromatic heterocycles. The normalized spacial score (nSPS) is 11.4. The number of hydrogen-bond donors (Lipinski definition) is 1. The molecule has 106 valence electrons. The van der Waals surface area contributed by atoms with Gasteiger partial charge in [0.15, 0.2) is 0 Å². The number of carbonyl (C=O) groups is 1. The number of benzene rings is 1. The minimum atomic E-state index is -0.431. The predicted octanol–water partition coefficient (Wildman–Crippen LogP) is 2.71. The summed E-state index contributed by atoms with van der Waals surface area (Å²) in [6.07, 6.45) is 0. The van der Waals surface area contributed by atoms with Crippen molar-refractivity contribution in [2.75, 3.05) is 0 Å². The first kappa shape index (κ1) is 14.2. The van der Waals surface area contributed by atoms with Crippen molar-refractivity contribution in [1.82, 2.24) is 15.5 Å². The van der Waals surface area contributed by atoms with Gasteiger partial charge < -0.3 is 9.84 Å². The summed E-state index contributed by atoms with van der Waals surface area (Å²) in [7, 11) is 0. The summed E-state index contributed by atoms with van der Waals surface area (Å²) in [5.74, 6) is 0.885. The fourth-order valence-electron chi connectivity index (χ4n) is 1.57. The molecule has 1 amide bonds. The van der Waals surface area contributed by atoms with Crippen molar-refractivity contribution in [2.24, 2.45) is 5.41 Å². The van der Waals surface area contributed by atoms with Gasteiger partial charge in [-0.05, 0) is 6.92 Å². The molecule has 1 N–H and O–H groups in total. The van der Waals surface area contributed by atoms with Crippen molar-refractivity contribution in [1.29, 1.82) is 0 Å². The lowest BCUT2D eigenvalue weighted by atomic mass is 9.96. The molecule has 5 nitrogen and oxygen atoms in total. The lowest BCUT2D eigenvalue weighted by Gasteiger charge is -2.16. The largest absolute Gasteiger partial charge is 0.347 e. The van der Waals surface area contributed by atoms with Crippen molar-refractivity contribution in [3.63, 3.8) is 0 Å². The molecule has 0 aliphatic rings. The molecule has 0 atom stereocenters. The third-order valence-electron chi connectivity index (χ3n) is 2.86. The molecule has 0 fully saturated rings. The van der Waals surface area contributed by atoms with Crippen LogP contribution in [0.15, 0.2) is 28.8 Å². The van der Waals surface area contributed by atoms with Crippen LogP contribution in [0.1, 0.15) is 32.2 Å². The molecule has 2 rings (SSSR count). The van der Waals surface area contributed by atoms with E-state index < -0.39 is 5.41 Å². The molecular weight excluding hydrogens is 254 g/mol. The van der Waals surface area contributed by atoms with Crippen LogP contribution in [0.25, 0.3) is 11.4 Å². The van der Waals surface area contributed by atoms with Gasteiger partial charge >= 0.3 is 0 Å². The summed E-state index contributed by atoms with van der Waals surface area (Å²) >= 11 is 0. The van der Waals surface area contributed by atoms with E-state index in [4.69, 9.17) is 4.52 Å². The Hall–Kier alpha value is -2.17. The summed E-state index contributed by atoms with van der Waals surface area (Å²) in [6.45, 7) is 7.83. The number of nitrogens with one attached hydrogen (secondary N) is 1. The van der Waals surface area contributed by atoms with Crippen molar-refractivity contribution in [3.05, 3.63) is 35.7 Å². The maximum atomic E-state index is 11.8. The summed E-state index contributed by atoms with van der Waals surface area (Å²) in [5.41, 5.74) is 1.64. The molecule has 5 heteroatoms. The van der Waals surface area contributed by atoms with Crippen molar-refractivity contribution < 1.29 is 9.32 Å². The van der Waals surface area contributed by atoms with Gasteiger partial charge in [0.25, 0.3) is 0 Å². The molecule has 20 heavy (non-hydrogen) atoms. The molecule has 0 aliphatic carbocycles. The quantitative estimate of drug-likeness (QED) is 0.933. The minimum absolute atomic E-state index is 0.0485. The van der Waals surface area contributed by atoms with E-state index in [1.165, 1.54) is 5.56 Å². The Kier molecular flexibility index (Phi) is 3.88. The van der Waals surface area contributed by atoms with Crippen LogP contribution in [-0.4, -0.2) is 16.0 Å². The lowest BCUT2D eigenvalue weighted by molar-refractivity contribution is -0.128. The van der Waals surface area contributed by atoms with E-state index in [0.29, 0.717) is 11.7 Å². The number of nitrogens with zero attached hydrogens (tertiary/aromatic N) is 2. The van der Waals surface area contributed by atoms with Gasteiger partial charge in [-0.1, -0.05) is 55.8 Å². The van der Waals surface area contributed by atoms with Crippen LogP contribution in [0.4, 0.5) is 0 Å². The molecule has 1 heterocycles. The molecule has 0 saturated carbocycles. The fourth-order valence-corrected chi connectivity index (χ4v) is 1.57. The van der Waals surface area contributed by atoms with E-state index in [1.807, 2.05) is 52.0 Å². The first-order valence-electron chi connectivity index (χ1n) is 6.54. The SMILES string of the molecule is Cc1ccc(-c2noc(CNC(=O)C(C)(C)C)n2)cc1. The zero-order valence-corrected chi connectivity index (χ0v) is 12.2. The smallest absolute Gasteiger partial charge is 0.246 e. The molecule has 0 aliphatic heterocycles. The highest BCUT2D eigenvalue weighted by atomic mass is 16.5. The number of hydrogen-bond acceptors (Lipinski definition) is 4. The van der Waals surface area contributed by atoms with Crippen LogP contribution in [0.5, 0.6) is 0 Å². The average molecular weight is 273 g/mol. The summed E-state index contributed by atoms with van der Waals surface area (Å²) in [5, 5.41) is 6.70. The molecule has 0 saturated heterocycles. The second kappa shape index (κ2) is 5.45. The van der Waals surface area contributed by atoms with E-state index in [1.54, 1.807) is 0 Å². The number of rotatable bonds is 3. The van der Waals surface area contributed by atoms with Gasteiger partial charge in [0, 0.05) is 11.0 Å². The third kappa shape index (κ3) is 3.44. The second-order valence-corrected chi connectivity index (χ2v) is 5.81. The first-order valence-corrected chi connectivity index (χ1v) is 6.54. The average Bonchev–Trinajstić information content (AvgIpc) is 2.84. The monoisotopic (exact) mass is 273 g/mol. The topological polar surface area (TPSA) is 68.0 Å². The Bertz CT molecular complexity index is 594. The fraction of sp³-hybridized carbons (Fsp3) is 0.400. The number of amides is 1. The van der Waals surface area contributed by atoms with Crippen molar-refractivity contribution in [2.45, 2.75) is 34.2 Å². The van der Waals surface area contributed by atoms with Gasteiger partial charge in [-0.25, -0.2) is 0 Å². The number of aryl methyl sites for hydroxylation is 1. The predicted molar refractivity (Wildman–Crippen MR) is 75.8 cm³/mol. The molecule has 0 radical (unpaired) electrons. The minimum Gasteiger partial charge on any atom is -0.347 e. The molecule has 0 bridgehead atoms. The maximum Gasteiger partial charge on any atom is 0.246 e. The molecule has 1 aromatic carbocycles. The Morgan fingerprint density at radius 3 is 2.50 bits per heavy atom. The summed E-state index contributed by atoms with van der Waals surface area (Å²) in [6, 6.07) is 7.87. The van der Waals surface area contributed by atoms with E-state index in [2.05, 4.69) is 15.5 Å². The Balaban J connectivity index is 2.03. The highest BCUT2D eigenvalue weighted by molar-refractivity contribution is 5.81. The van der Waals surface area contributed by atoms with Crippen LogP contribution in [0.3, 0.4) is 0 Å². The van der Waals surface area contributed by atoms with Gasteiger partial charge in [0.05, 0.1) is 6.54 Å². The van der Waals surface area contributed by atoms with Gasteiger partial charge in [-0.2, -0.15) is 4.98 Å². The van der Waals surface area contributed by atoms with E-state index in [-0.39, 0.29) is 12.5 Å². The Morgan fingerprint density at radius 2 is 1.90 bits per heavy atom. The second-order valence-electron chi connectivity index (χ2n) is 5.81. The van der Waals surface area contributed by atoms with Crippen molar-refractivity contribution in [3.8, 4) is 11.4 Å². The molecule has 2 aromatic rings. The van der Waals surface area contributed by atoms with Gasteiger partial charge in [0.2, 0.25) is 17.6 Å². The third-order valence-corrected chi connectivity index (χ3v) is 2.86. The van der Waals surface area contributed by atoms with Crippen LogP contribution in [0, 0.1) is 12.3 Å².